The van der Waals surface area contributed by atoms with Crippen molar-refractivity contribution in [2.24, 2.45) is 0 Å². The first kappa shape index (κ1) is 16.8. The van der Waals surface area contributed by atoms with E-state index in [1.165, 1.54) is 23.5 Å². The van der Waals surface area contributed by atoms with Gasteiger partial charge in [-0.2, -0.15) is 0 Å². The van der Waals surface area contributed by atoms with Gasteiger partial charge in [0.1, 0.15) is 11.5 Å². The monoisotopic (exact) mass is 395 g/mol. The van der Waals surface area contributed by atoms with Crippen LogP contribution in [0.2, 0.25) is 0 Å². The lowest BCUT2D eigenvalue weighted by Crippen LogP contribution is -2.23. The van der Waals surface area contributed by atoms with Crippen LogP contribution in [0, 0.1) is 5.82 Å². The molecule has 5 rings (SSSR count). The van der Waals surface area contributed by atoms with Crippen molar-refractivity contribution in [3.63, 3.8) is 0 Å². The summed E-state index contributed by atoms with van der Waals surface area (Å²) >= 11 is 1.38. The Bertz CT molecular complexity index is 1180. The van der Waals surface area contributed by atoms with Crippen molar-refractivity contribution < 1.29 is 18.7 Å². The molecule has 1 N–H and O–H groups in total. The Labute approximate surface area is 163 Å². The van der Waals surface area contributed by atoms with E-state index >= 15 is 0 Å². The molecule has 0 saturated carbocycles. The Balaban J connectivity index is 1.35. The molecule has 8 heteroatoms. The smallest absolute Gasteiger partial charge is 0.269 e. The number of halogens is 1. The van der Waals surface area contributed by atoms with Crippen LogP contribution < -0.4 is 14.8 Å². The highest BCUT2D eigenvalue weighted by Gasteiger charge is 2.17. The Kier molecular flexibility index (Phi) is 3.98. The zero-order valence-corrected chi connectivity index (χ0v) is 15.3. The Morgan fingerprint density at radius 2 is 2.00 bits per heavy atom. The summed E-state index contributed by atoms with van der Waals surface area (Å²) in [5.74, 6) is 0.893. The SMILES string of the molecule is O=C(NCc1ccc2c(c1)OCO2)c1csc2nc(-c3ccc(F)cc3)cn12. The molecule has 140 valence electrons. The highest BCUT2D eigenvalue weighted by Crippen LogP contribution is 2.32. The summed E-state index contributed by atoms with van der Waals surface area (Å²) in [5.41, 5.74) is 2.91. The quantitative estimate of drug-likeness (QED) is 0.570. The number of ether oxygens (including phenoxy) is 2. The van der Waals surface area contributed by atoms with Crippen LogP contribution in [-0.4, -0.2) is 22.1 Å². The van der Waals surface area contributed by atoms with Gasteiger partial charge >= 0.3 is 0 Å². The predicted octanol–water partition coefficient (Wildman–Crippen LogP) is 3.86. The summed E-state index contributed by atoms with van der Waals surface area (Å²) in [6.07, 6.45) is 1.79. The number of carbonyl (C=O) groups excluding carboxylic acids is 1. The lowest BCUT2D eigenvalue weighted by Gasteiger charge is -2.05. The fourth-order valence-corrected chi connectivity index (χ4v) is 3.88. The summed E-state index contributed by atoms with van der Waals surface area (Å²) in [5, 5.41) is 4.68. The van der Waals surface area contributed by atoms with E-state index in [1.54, 1.807) is 28.1 Å². The third-order valence-electron chi connectivity index (χ3n) is 4.47. The molecule has 0 saturated heterocycles. The number of benzene rings is 2. The number of thiazole rings is 1. The number of fused-ring (bicyclic) bond motifs is 2. The molecular formula is C20H14FN3O3S. The fourth-order valence-electron chi connectivity index (χ4n) is 3.03. The van der Waals surface area contributed by atoms with Gasteiger partial charge in [-0.15, -0.1) is 11.3 Å². The maximum Gasteiger partial charge on any atom is 0.269 e. The molecule has 1 amide bonds. The van der Waals surface area contributed by atoms with E-state index in [0.717, 1.165) is 11.1 Å². The van der Waals surface area contributed by atoms with Crippen LogP contribution in [0.5, 0.6) is 11.5 Å². The number of aromatic nitrogens is 2. The topological polar surface area (TPSA) is 64.9 Å². The summed E-state index contributed by atoms with van der Waals surface area (Å²) in [6.45, 7) is 0.585. The van der Waals surface area contributed by atoms with Gasteiger partial charge in [0.05, 0.1) is 5.69 Å². The average molecular weight is 395 g/mol. The van der Waals surface area contributed by atoms with Crippen LogP contribution in [0.1, 0.15) is 16.1 Å². The predicted molar refractivity (Wildman–Crippen MR) is 102 cm³/mol. The number of rotatable bonds is 4. The van der Waals surface area contributed by atoms with Gasteiger partial charge in [-0.1, -0.05) is 6.07 Å². The molecule has 6 nitrogen and oxygen atoms in total. The highest BCUT2D eigenvalue weighted by molar-refractivity contribution is 7.15. The summed E-state index contributed by atoms with van der Waals surface area (Å²) in [6, 6.07) is 11.7. The van der Waals surface area contributed by atoms with Crippen molar-refractivity contribution in [3.8, 4) is 22.8 Å². The number of carbonyl (C=O) groups is 1. The minimum atomic E-state index is -0.298. The number of hydrogen-bond donors (Lipinski definition) is 1. The molecule has 0 aliphatic carbocycles. The molecule has 2 aromatic heterocycles. The zero-order chi connectivity index (χ0) is 19.1. The van der Waals surface area contributed by atoms with E-state index in [4.69, 9.17) is 9.47 Å². The summed E-state index contributed by atoms with van der Waals surface area (Å²) < 4.78 is 25.5. The third kappa shape index (κ3) is 2.97. The summed E-state index contributed by atoms with van der Waals surface area (Å²) in [7, 11) is 0. The molecule has 28 heavy (non-hydrogen) atoms. The lowest BCUT2D eigenvalue weighted by atomic mass is 10.2. The minimum absolute atomic E-state index is 0.202. The van der Waals surface area contributed by atoms with Crippen LogP contribution in [0.25, 0.3) is 16.2 Å². The number of amides is 1. The van der Waals surface area contributed by atoms with Crippen molar-refractivity contribution in [3.05, 3.63) is 71.1 Å². The fraction of sp³-hybridized carbons (Fsp3) is 0.100. The first-order valence-electron chi connectivity index (χ1n) is 8.57. The third-order valence-corrected chi connectivity index (χ3v) is 5.31. The molecule has 0 unspecified atom stereocenters. The number of nitrogens with zero attached hydrogens (tertiary/aromatic N) is 2. The Hall–Kier alpha value is -3.39. The van der Waals surface area contributed by atoms with Gasteiger partial charge < -0.3 is 14.8 Å². The second-order valence-electron chi connectivity index (χ2n) is 6.28. The molecule has 0 spiro atoms. The Morgan fingerprint density at radius 3 is 2.86 bits per heavy atom. The second-order valence-corrected chi connectivity index (χ2v) is 7.11. The minimum Gasteiger partial charge on any atom is -0.454 e. The van der Waals surface area contributed by atoms with Crippen molar-refractivity contribution >= 4 is 22.2 Å². The standard InChI is InChI=1S/C20H14FN3O3S/c21-14-4-2-13(3-5-14)15-9-24-16(10-28-20(24)23-15)19(25)22-8-12-1-6-17-18(7-12)27-11-26-17/h1-7,9-10H,8,11H2,(H,22,25). The van der Waals surface area contributed by atoms with E-state index in [9.17, 15) is 9.18 Å². The van der Waals surface area contributed by atoms with Crippen LogP contribution in [0.4, 0.5) is 4.39 Å². The first-order valence-corrected chi connectivity index (χ1v) is 9.44. The molecule has 0 atom stereocenters. The molecule has 0 fully saturated rings. The summed E-state index contributed by atoms with van der Waals surface area (Å²) in [4.78, 5) is 17.9. The van der Waals surface area contributed by atoms with Crippen LogP contribution >= 0.6 is 11.3 Å². The molecule has 0 bridgehead atoms. The first-order chi connectivity index (χ1) is 13.7. The van der Waals surface area contributed by atoms with Gasteiger partial charge in [-0.3, -0.25) is 9.20 Å². The van der Waals surface area contributed by atoms with Gasteiger partial charge in [0.2, 0.25) is 6.79 Å². The van der Waals surface area contributed by atoms with Gasteiger partial charge in [-0.05, 0) is 42.0 Å². The molecule has 1 aliphatic heterocycles. The average Bonchev–Trinajstić information content (AvgIpc) is 3.41. The largest absolute Gasteiger partial charge is 0.454 e. The van der Waals surface area contributed by atoms with Gasteiger partial charge in [-0.25, -0.2) is 9.37 Å². The van der Waals surface area contributed by atoms with Crippen molar-refractivity contribution in [2.75, 3.05) is 6.79 Å². The van der Waals surface area contributed by atoms with E-state index in [0.29, 0.717) is 34.4 Å². The molecular weight excluding hydrogens is 381 g/mol. The zero-order valence-electron chi connectivity index (χ0n) is 14.5. The number of hydrogen-bond acceptors (Lipinski definition) is 5. The lowest BCUT2D eigenvalue weighted by molar-refractivity contribution is 0.0945. The highest BCUT2D eigenvalue weighted by atomic mass is 32.1. The second kappa shape index (κ2) is 6.65. The van der Waals surface area contributed by atoms with Crippen LogP contribution in [-0.2, 0) is 6.54 Å². The van der Waals surface area contributed by atoms with Crippen LogP contribution in [0.3, 0.4) is 0 Å². The van der Waals surface area contributed by atoms with E-state index in [-0.39, 0.29) is 18.5 Å². The van der Waals surface area contributed by atoms with Crippen molar-refractivity contribution in [1.29, 1.82) is 0 Å². The molecule has 2 aromatic carbocycles. The van der Waals surface area contributed by atoms with Crippen molar-refractivity contribution in [1.82, 2.24) is 14.7 Å². The molecule has 4 aromatic rings. The maximum atomic E-state index is 13.1. The number of imidazole rings is 1. The maximum absolute atomic E-state index is 13.1. The molecule has 1 aliphatic rings. The van der Waals surface area contributed by atoms with E-state index in [1.807, 2.05) is 18.2 Å². The Morgan fingerprint density at radius 1 is 1.18 bits per heavy atom. The van der Waals surface area contributed by atoms with Crippen molar-refractivity contribution in [2.45, 2.75) is 6.54 Å². The normalized spacial score (nSPS) is 12.5. The van der Waals surface area contributed by atoms with E-state index < -0.39 is 0 Å². The number of nitrogens with one attached hydrogen (secondary N) is 1. The molecule has 0 radical (unpaired) electrons. The van der Waals surface area contributed by atoms with E-state index in [2.05, 4.69) is 10.3 Å². The molecule has 3 heterocycles. The van der Waals surface area contributed by atoms with Crippen LogP contribution in [0.15, 0.2) is 54.0 Å². The van der Waals surface area contributed by atoms with Gasteiger partial charge in [0.25, 0.3) is 5.91 Å². The van der Waals surface area contributed by atoms with Gasteiger partial charge in [0, 0.05) is 23.7 Å². The van der Waals surface area contributed by atoms with Gasteiger partial charge in [0.15, 0.2) is 16.5 Å².